The smallest absolute Gasteiger partial charge is 0.269 e. The van der Waals surface area contributed by atoms with E-state index in [-0.39, 0.29) is 22.3 Å². The van der Waals surface area contributed by atoms with Crippen molar-refractivity contribution in [3.05, 3.63) is 64.2 Å². The van der Waals surface area contributed by atoms with Gasteiger partial charge in [-0.3, -0.25) is 25.0 Å². The lowest BCUT2D eigenvalue weighted by atomic mass is 10.2. The van der Waals surface area contributed by atoms with Crippen LogP contribution in [0.1, 0.15) is 36.5 Å². The third-order valence-electron chi connectivity index (χ3n) is 3.73. The van der Waals surface area contributed by atoms with Gasteiger partial charge >= 0.3 is 0 Å². The fourth-order valence-electron chi connectivity index (χ4n) is 2.31. The van der Waals surface area contributed by atoms with E-state index in [4.69, 9.17) is 12.2 Å². The Morgan fingerprint density at radius 3 is 2.32 bits per heavy atom. The number of carbonyl (C=O) groups is 2. The van der Waals surface area contributed by atoms with Gasteiger partial charge in [-0.25, -0.2) is 0 Å². The predicted molar refractivity (Wildman–Crippen MR) is 111 cm³/mol. The number of hydrogen-bond donors (Lipinski definition) is 3. The minimum absolute atomic E-state index is 0.0620. The first-order valence-electron chi connectivity index (χ1n) is 8.65. The summed E-state index contributed by atoms with van der Waals surface area (Å²) in [6.07, 6.45) is 2.22. The number of nitro groups is 1. The Labute approximate surface area is 167 Å². The normalized spacial score (nSPS) is 10.0. The van der Waals surface area contributed by atoms with E-state index >= 15 is 0 Å². The molecule has 0 bridgehead atoms. The summed E-state index contributed by atoms with van der Waals surface area (Å²) >= 11 is 5.13. The summed E-state index contributed by atoms with van der Waals surface area (Å²) in [6.45, 7) is 2.02. The van der Waals surface area contributed by atoms with Crippen LogP contribution in [-0.4, -0.2) is 21.9 Å². The Balaban J connectivity index is 1.93. The molecule has 0 fully saturated rings. The van der Waals surface area contributed by atoms with Crippen molar-refractivity contribution in [3.63, 3.8) is 0 Å². The number of benzene rings is 2. The highest BCUT2D eigenvalue weighted by Gasteiger charge is 2.11. The number of hydrogen-bond acceptors (Lipinski definition) is 5. The van der Waals surface area contributed by atoms with Gasteiger partial charge in [0, 0.05) is 35.5 Å². The van der Waals surface area contributed by atoms with Crippen LogP contribution in [0.4, 0.5) is 17.1 Å². The van der Waals surface area contributed by atoms with E-state index in [0.717, 1.165) is 12.8 Å². The summed E-state index contributed by atoms with van der Waals surface area (Å²) in [7, 11) is 0. The van der Waals surface area contributed by atoms with E-state index in [1.807, 2.05) is 6.92 Å². The second kappa shape index (κ2) is 10.1. The van der Waals surface area contributed by atoms with Crippen LogP contribution in [0, 0.1) is 10.1 Å². The molecule has 28 heavy (non-hydrogen) atoms. The van der Waals surface area contributed by atoms with Gasteiger partial charge < -0.3 is 10.6 Å². The van der Waals surface area contributed by atoms with Crippen molar-refractivity contribution in [2.45, 2.75) is 26.2 Å². The summed E-state index contributed by atoms with van der Waals surface area (Å²) in [5, 5.41) is 18.9. The Morgan fingerprint density at radius 2 is 1.71 bits per heavy atom. The van der Waals surface area contributed by atoms with Gasteiger partial charge in [0.25, 0.3) is 11.6 Å². The SMILES string of the molecule is CCCCC(=O)Nc1cccc(NC(=S)NC(=O)c2ccc([N+](=O)[O-])cc2)c1. The Bertz CT molecular complexity index is 884. The largest absolute Gasteiger partial charge is 0.332 e. The molecule has 2 rings (SSSR count). The second-order valence-corrected chi connectivity index (χ2v) is 6.35. The van der Waals surface area contributed by atoms with Crippen molar-refractivity contribution in [3.8, 4) is 0 Å². The summed E-state index contributed by atoms with van der Waals surface area (Å²) in [6, 6.07) is 12.1. The summed E-state index contributed by atoms with van der Waals surface area (Å²) < 4.78 is 0. The number of thiocarbonyl (C=S) groups is 1. The van der Waals surface area contributed by atoms with Gasteiger partial charge in [-0.05, 0) is 49.0 Å². The van der Waals surface area contributed by atoms with Crippen molar-refractivity contribution in [1.29, 1.82) is 0 Å². The number of carbonyl (C=O) groups excluding carboxylic acids is 2. The number of amides is 2. The topological polar surface area (TPSA) is 113 Å². The summed E-state index contributed by atoms with van der Waals surface area (Å²) in [5.74, 6) is -0.551. The van der Waals surface area contributed by atoms with E-state index in [1.165, 1.54) is 24.3 Å². The molecule has 146 valence electrons. The number of nitro benzene ring substituents is 1. The molecule has 0 aliphatic rings. The van der Waals surface area contributed by atoms with Gasteiger partial charge in [-0.15, -0.1) is 0 Å². The monoisotopic (exact) mass is 400 g/mol. The quantitative estimate of drug-likeness (QED) is 0.370. The molecule has 2 aromatic carbocycles. The number of anilines is 2. The molecule has 0 radical (unpaired) electrons. The lowest BCUT2D eigenvalue weighted by Gasteiger charge is -2.11. The Hall–Kier alpha value is -3.33. The zero-order valence-electron chi connectivity index (χ0n) is 15.2. The van der Waals surface area contributed by atoms with Gasteiger partial charge in [-0.2, -0.15) is 0 Å². The molecular formula is C19H20N4O4S. The Kier molecular flexibility index (Phi) is 7.58. The fourth-order valence-corrected chi connectivity index (χ4v) is 2.52. The molecule has 0 spiro atoms. The average Bonchev–Trinajstić information content (AvgIpc) is 2.66. The maximum Gasteiger partial charge on any atom is 0.269 e. The first kappa shape index (κ1) is 21.0. The van der Waals surface area contributed by atoms with Crippen LogP contribution in [-0.2, 0) is 4.79 Å². The molecule has 0 unspecified atom stereocenters. The molecule has 0 atom stereocenters. The van der Waals surface area contributed by atoms with E-state index in [1.54, 1.807) is 24.3 Å². The van der Waals surface area contributed by atoms with Crippen LogP contribution in [0.5, 0.6) is 0 Å². The molecule has 9 heteroatoms. The lowest BCUT2D eigenvalue weighted by molar-refractivity contribution is -0.384. The Morgan fingerprint density at radius 1 is 1.07 bits per heavy atom. The maximum absolute atomic E-state index is 12.2. The molecule has 0 aliphatic carbocycles. The maximum atomic E-state index is 12.2. The van der Waals surface area contributed by atoms with E-state index in [9.17, 15) is 19.7 Å². The molecule has 0 aliphatic heterocycles. The van der Waals surface area contributed by atoms with Crippen molar-refractivity contribution in [2.24, 2.45) is 0 Å². The van der Waals surface area contributed by atoms with Crippen molar-refractivity contribution >= 4 is 46.2 Å². The van der Waals surface area contributed by atoms with Crippen LogP contribution < -0.4 is 16.0 Å². The van der Waals surface area contributed by atoms with Crippen molar-refractivity contribution in [1.82, 2.24) is 5.32 Å². The standard InChI is InChI=1S/C19H20N4O4S/c1-2-3-7-17(24)20-14-5-4-6-15(12-14)21-19(28)22-18(25)13-8-10-16(11-9-13)23(26)27/h4-6,8-12H,2-3,7H2,1H3,(H,20,24)(H2,21,22,25,28). The molecule has 0 aromatic heterocycles. The molecule has 2 amide bonds. The first-order chi connectivity index (χ1) is 13.4. The van der Waals surface area contributed by atoms with Crippen LogP contribution in [0.25, 0.3) is 0 Å². The number of nitrogens with one attached hydrogen (secondary N) is 3. The van der Waals surface area contributed by atoms with Gasteiger partial charge in [0.05, 0.1) is 4.92 Å². The zero-order chi connectivity index (χ0) is 20.5. The van der Waals surface area contributed by atoms with Gasteiger partial charge in [0.2, 0.25) is 5.91 Å². The van der Waals surface area contributed by atoms with Crippen LogP contribution in [0.3, 0.4) is 0 Å². The highest BCUT2D eigenvalue weighted by molar-refractivity contribution is 7.80. The highest BCUT2D eigenvalue weighted by Crippen LogP contribution is 2.16. The van der Waals surface area contributed by atoms with E-state index < -0.39 is 10.8 Å². The lowest BCUT2D eigenvalue weighted by Crippen LogP contribution is -2.34. The van der Waals surface area contributed by atoms with E-state index in [2.05, 4.69) is 16.0 Å². The van der Waals surface area contributed by atoms with Gasteiger partial charge in [0.15, 0.2) is 5.11 Å². The fraction of sp³-hybridized carbons (Fsp3) is 0.211. The summed E-state index contributed by atoms with van der Waals surface area (Å²) in [5.41, 5.74) is 1.36. The van der Waals surface area contributed by atoms with Crippen LogP contribution >= 0.6 is 12.2 Å². The van der Waals surface area contributed by atoms with Gasteiger partial charge in [0.1, 0.15) is 0 Å². The van der Waals surface area contributed by atoms with Crippen molar-refractivity contribution in [2.75, 3.05) is 10.6 Å². The first-order valence-corrected chi connectivity index (χ1v) is 9.06. The van der Waals surface area contributed by atoms with E-state index in [0.29, 0.717) is 17.8 Å². The summed E-state index contributed by atoms with van der Waals surface area (Å²) in [4.78, 5) is 34.1. The number of nitrogens with zero attached hydrogens (tertiary/aromatic N) is 1. The molecule has 0 heterocycles. The zero-order valence-corrected chi connectivity index (χ0v) is 16.0. The number of non-ortho nitro benzene ring substituents is 1. The van der Waals surface area contributed by atoms with Crippen molar-refractivity contribution < 1.29 is 14.5 Å². The molecule has 2 aromatic rings. The molecule has 0 saturated heterocycles. The van der Waals surface area contributed by atoms with Crippen LogP contribution in [0.15, 0.2) is 48.5 Å². The van der Waals surface area contributed by atoms with Gasteiger partial charge in [-0.1, -0.05) is 19.4 Å². The number of rotatable bonds is 7. The predicted octanol–water partition coefficient (Wildman–Crippen LogP) is 3.85. The molecule has 8 nitrogen and oxygen atoms in total. The average molecular weight is 400 g/mol. The third-order valence-corrected chi connectivity index (χ3v) is 3.93. The molecule has 3 N–H and O–H groups in total. The number of unbranched alkanes of at least 4 members (excludes halogenated alkanes) is 1. The minimum Gasteiger partial charge on any atom is -0.332 e. The third kappa shape index (κ3) is 6.44. The molecule has 0 saturated carbocycles. The minimum atomic E-state index is -0.540. The molecular weight excluding hydrogens is 380 g/mol. The second-order valence-electron chi connectivity index (χ2n) is 5.94. The highest BCUT2D eigenvalue weighted by atomic mass is 32.1. The van der Waals surface area contributed by atoms with Crippen LogP contribution in [0.2, 0.25) is 0 Å².